The maximum Gasteiger partial charge on any atom is 0.128 e. The summed E-state index contributed by atoms with van der Waals surface area (Å²) in [6.45, 7) is 3.48. The Morgan fingerprint density at radius 2 is 2.12 bits per heavy atom. The highest BCUT2D eigenvalue weighted by atomic mass is 35.5. The SMILES string of the molecule is CC(c1cc(F)ccc1F)N1CCC(N)C1.Cl. The quantitative estimate of drug-likeness (QED) is 0.887. The van der Waals surface area contributed by atoms with Crippen molar-refractivity contribution >= 4 is 12.4 Å². The van der Waals surface area contributed by atoms with E-state index in [2.05, 4.69) is 4.90 Å². The first-order chi connectivity index (χ1) is 7.58. The molecule has 0 amide bonds. The first-order valence-corrected chi connectivity index (χ1v) is 5.52. The summed E-state index contributed by atoms with van der Waals surface area (Å²) in [5, 5.41) is 0. The van der Waals surface area contributed by atoms with Gasteiger partial charge in [-0.1, -0.05) is 0 Å². The summed E-state index contributed by atoms with van der Waals surface area (Å²) in [6.07, 6.45) is 0.918. The third-order valence-corrected chi connectivity index (χ3v) is 3.21. The molecule has 1 heterocycles. The van der Waals surface area contributed by atoms with E-state index in [1.54, 1.807) is 0 Å². The van der Waals surface area contributed by atoms with E-state index < -0.39 is 5.82 Å². The lowest BCUT2D eigenvalue weighted by Crippen LogP contribution is -2.29. The van der Waals surface area contributed by atoms with Crippen molar-refractivity contribution in [1.29, 1.82) is 0 Å². The summed E-state index contributed by atoms with van der Waals surface area (Å²) in [6, 6.07) is 3.62. The van der Waals surface area contributed by atoms with Gasteiger partial charge in [0.2, 0.25) is 0 Å². The molecule has 1 aliphatic heterocycles. The third-order valence-electron chi connectivity index (χ3n) is 3.21. The lowest BCUT2D eigenvalue weighted by molar-refractivity contribution is 0.254. The van der Waals surface area contributed by atoms with Gasteiger partial charge in [-0.25, -0.2) is 8.78 Å². The van der Waals surface area contributed by atoms with Gasteiger partial charge >= 0.3 is 0 Å². The number of hydrogen-bond donors (Lipinski definition) is 1. The van der Waals surface area contributed by atoms with Crippen molar-refractivity contribution in [3.05, 3.63) is 35.4 Å². The van der Waals surface area contributed by atoms with Crippen LogP contribution in [-0.4, -0.2) is 24.0 Å². The van der Waals surface area contributed by atoms with Crippen LogP contribution in [-0.2, 0) is 0 Å². The average molecular weight is 263 g/mol. The van der Waals surface area contributed by atoms with Crippen LogP contribution in [0.5, 0.6) is 0 Å². The summed E-state index contributed by atoms with van der Waals surface area (Å²) in [4.78, 5) is 2.09. The maximum atomic E-state index is 13.5. The van der Waals surface area contributed by atoms with E-state index in [9.17, 15) is 8.78 Å². The first kappa shape index (κ1) is 14.4. The molecule has 1 saturated heterocycles. The van der Waals surface area contributed by atoms with E-state index >= 15 is 0 Å². The van der Waals surface area contributed by atoms with Gasteiger partial charge < -0.3 is 5.73 Å². The van der Waals surface area contributed by atoms with Crippen molar-refractivity contribution in [2.24, 2.45) is 5.73 Å². The topological polar surface area (TPSA) is 29.3 Å². The molecule has 17 heavy (non-hydrogen) atoms. The first-order valence-electron chi connectivity index (χ1n) is 5.52. The minimum Gasteiger partial charge on any atom is -0.326 e. The number of nitrogens with two attached hydrogens (primary N) is 1. The highest BCUT2D eigenvalue weighted by Gasteiger charge is 2.26. The molecule has 2 unspecified atom stereocenters. The van der Waals surface area contributed by atoms with Crippen LogP contribution in [0.25, 0.3) is 0 Å². The van der Waals surface area contributed by atoms with E-state index in [0.717, 1.165) is 25.6 Å². The Hall–Kier alpha value is -0.710. The van der Waals surface area contributed by atoms with Gasteiger partial charge in [0, 0.05) is 30.7 Å². The fourth-order valence-electron chi connectivity index (χ4n) is 2.20. The highest BCUT2D eigenvalue weighted by Crippen LogP contribution is 2.26. The number of halogens is 3. The van der Waals surface area contributed by atoms with E-state index in [-0.39, 0.29) is 30.3 Å². The molecule has 1 aliphatic rings. The molecule has 1 aromatic carbocycles. The standard InChI is InChI=1S/C12H16F2N2.ClH/c1-8(16-5-4-10(15)7-16)11-6-9(13)2-3-12(11)14;/h2-3,6,8,10H,4-5,7,15H2,1H3;1H. The van der Waals surface area contributed by atoms with E-state index in [4.69, 9.17) is 5.73 Å². The molecule has 0 aromatic heterocycles. The van der Waals surface area contributed by atoms with Crippen LogP contribution >= 0.6 is 12.4 Å². The van der Waals surface area contributed by atoms with E-state index in [1.807, 2.05) is 6.92 Å². The number of rotatable bonds is 2. The van der Waals surface area contributed by atoms with Crippen LogP contribution in [0.2, 0.25) is 0 Å². The van der Waals surface area contributed by atoms with E-state index in [0.29, 0.717) is 5.56 Å². The molecule has 2 nitrogen and oxygen atoms in total. The monoisotopic (exact) mass is 262 g/mol. The van der Waals surface area contributed by atoms with Crippen LogP contribution < -0.4 is 5.73 Å². The van der Waals surface area contributed by atoms with Gasteiger partial charge in [0.1, 0.15) is 11.6 Å². The van der Waals surface area contributed by atoms with Crippen LogP contribution in [0.1, 0.15) is 24.9 Å². The molecule has 2 N–H and O–H groups in total. The van der Waals surface area contributed by atoms with Gasteiger partial charge in [-0.3, -0.25) is 4.90 Å². The predicted molar refractivity (Wildman–Crippen MR) is 66.2 cm³/mol. The molecule has 0 bridgehead atoms. The molecule has 0 spiro atoms. The van der Waals surface area contributed by atoms with Gasteiger partial charge in [0.05, 0.1) is 0 Å². The Kier molecular flexibility index (Phi) is 4.86. The van der Waals surface area contributed by atoms with Gasteiger partial charge in [-0.15, -0.1) is 12.4 Å². The summed E-state index contributed by atoms with van der Waals surface area (Å²) in [5.74, 6) is -0.749. The molecule has 1 fully saturated rings. The molecule has 1 aromatic rings. The Labute approximate surface area is 106 Å². The zero-order valence-electron chi connectivity index (χ0n) is 9.70. The maximum absolute atomic E-state index is 13.5. The Balaban J connectivity index is 0.00000144. The second-order valence-electron chi connectivity index (χ2n) is 4.39. The van der Waals surface area contributed by atoms with Crippen LogP contribution in [0.3, 0.4) is 0 Å². The normalized spacial score (nSPS) is 22.2. The number of benzene rings is 1. The van der Waals surface area contributed by atoms with Crippen molar-refractivity contribution in [2.45, 2.75) is 25.4 Å². The number of likely N-dealkylation sites (tertiary alicyclic amines) is 1. The summed E-state index contributed by atoms with van der Waals surface area (Å²) < 4.78 is 26.6. The second-order valence-corrected chi connectivity index (χ2v) is 4.39. The summed E-state index contributed by atoms with van der Waals surface area (Å²) >= 11 is 0. The molecule has 2 rings (SSSR count). The van der Waals surface area contributed by atoms with Gasteiger partial charge in [0.25, 0.3) is 0 Å². The Morgan fingerprint density at radius 3 is 2.71 bits per heavy atom. The second kappa shape index (κ2) is 5.76. The van der Waals surface area contributed by atoms with Crippen molar-refractivity contribution < 1.29 is 8.78 Å². The summed E-state index contributed by atoms with van der Waals surface area (Å²) in [5.41, 5.74) is 6.21. The molecule has 5 heteroatoms. The molecule has 0 aliphatic carbocycles. The Bertz CT molecular complexity index is 387. The van der Waals surface area contributed by atoms with Crippen molar-refractivity contribution in [1.82, 2.24) is 4.90 Å². The van der Waals surface area contributed by atoms with Crippen molar-refractivity contribution in [3.8, 4) is 0 Å². The van der Waals surface area contributed by atoms with Crippen LogP contribution in [0.4, 0.5) is 8.78 Å². The molecular formula is C12H17ClF2N2. The smallest absolute Gasteiger partial charge is 0.128 e. The van der Waals surface area contributed by atoms with Crippen LogP contribution in [0, 0.1) is 11.6 Å². The average Bonchev–Trinajstić information content (AvgIpc) is 2.67. The van der Waals surface area contributed by atoms with Gasteiger partial charge in [-0.2, -0.15) is 0 Å². The molecule has 96 valence electrons. The lowest BCUT2D eigenvalue weighted by Gasteiger charge is -2.24. The van der Waals surface area contributed by atoms with Crippen molar-refractivity contribution in [2.75, 3.05) is 13.1 Å². The minimum absolute atomic E-state index is 0. The highest BCUT2D eigenvalue weighted by molar-refractivity contribution is 5.85. The lowest BCUT2D eigenvalue weighted by atomic mass is 10.1. The fourth-order valence-corrected chi connectivity index (χ4v) is 2.20. The Morgan fingerprint density at radius 1 is 1.41 bits per heavy atom. The number of hydrogen-bond acceptors (Lipinski definition) is 2. The fraction of sp³-hybridized carbons (Fsp3) is 0.500. The minimum atomic E-state index is -0.397. The molecule has 0 radical (unpaired) electrons. The molecule has 0 saturated carbocycles. The van der Waals surface area contributed by atoms with Crippen molar-refractivity contribution in [3.63, 3.8) is 0 Å². The predicted octanol–water partition coefficient (Wildman–Crippen LogP) is 2.48. The number of nitrogens with zero attached hydrogens (tertiary/aromatic N) is 1. The largest absolute Gasteiger partial charge is 0.326 e. The van der Waals surface area contributed by atoms with Crippen LogP contribution in [0.15, 0.2) is 18.2 Å². The van der Waals surface area contributed by atoms with Gasteiger partial charge in [0.15, 0.2) is 0 Å². The molecular weight excluding hydrogens is 246 g/mol. The third kappa shape index (κ3) is 3.15. The van der Waals surface area contributed by atoms with Gasteiger partial charge in [-0.05, 0) is 31.5 Å². The summed E-state index contributed by atoms with van der Waals surface area (Å²) in [7, 11) is 0. The zero-order valence-corrected chi connectivity index (χ0v) is 10.5. The molecule has 2 atom stereocenters. The zero-order chi connectivity index (χ0) is 11.7. The van der Waals surface area contributed by atoms with E-state index in [1.165, 1.54) is 12.1 Å².